The van der Waals surface area contributed by atoms with Gasteiger partial charge in [0, 0.05) is 6.54 Å². The summed E-state index contributed by atoms with van der Waals surface area (Å²) in [6.07, 6.45) is 0.727. The third kappa shape index (κ3) is 4.79. The summed E-state index contributed by atoms with van der Waals surface area (Å²) < 4.78 is 0. The summed E-state index contributed by atoms with van der Waals surface area (Å²) in [5.41, 5.74) is 2.37. The number of nitrogens with zero attached hydrogens (tertiary/aromatic N) is 1. The zero-order chi connectivity index (χ0) is 13.5. The van der Waals surface area contributed by atoms with Crippen LogP contribution < -0.4 is 0 Å². The molecule has 0 aromatic heterocycles. The normalized spacial score (nSPS) is 13.3. The van der Waals surface area contributed by atoms with E-state index in [1.165, 1.54) is 5.56 Å². The molecule has 1 aromatic rings. The van der Waals surface area contributed by atoms with Gasteiger partial charge in [0.15, 0.2) is 0 Å². The summed E-state index contributed by atoms with van der Waals surface area (Å²) in [6.45, 7) is 11.4. The molecule has 0 heterocycles. The van der Waals surface area contributed by atoms with E-state index in [-0.39, 0.29) is 6.10 Å². The monoisotopic (exact) mass is 249 g/mol. The Morgan fingerprint density at radius 1 is 1.06 bits per heavy atom. The van der Waals surface area contributed by atoms with Gasteiger partial charge >= 0.3 is 0 Å². The van der Waals surface area contributed by atoms with Crippen LogP contribution in [-0.4, -0.2) is 29.6 Å². The van der Waals surface area contributed by atoms with E-state index in [9.17, 15) is 5.11 Å². The molecule has 0 amide bonds. The van der Waals surface area contributed by atoms with Gasteiger partial charge in [-0.25, -0.2) is 0 Å². The highest BCUT2D eigenvalue weighted by atomic mass is 16.3. The minimum atomic E-state index is -0.377. The van der Waals surface area contributed by atoms with Crippen molar-refractivity contribution in [2.75, 3.05) is 19.6 Å². The summed E-state index contributed by atoms with van der Waals surface area (Å²) in [5.74, 6) is 0.677. The Kier molecular flexibility index (Phi) is 6.37. The van der Waals surface area contributed by atoms with Crippen LogP contribution in [0.15, 0.2) is 24.3 Å². The topological polar surface area (TPSA) is 23.5 Å². The van der Waals surface area contributed by atoms with E-state index in [4.69, 9.17) is 0 Å². The third-order valence-corrected chi connectivity index (χ3v) is 3.33. The maximum absolute atomic E-state index is 10.2. The zero-order valence-corrected chi connectivity index (χ0v) is 12.2. The van der Waals surface area contributed by atoms with Gasteiger partial charge in [0.05, 0.1) is 6.10 Å². The van der Waals surface area contributed by atoms with Crippen molar-refractivity contribution in [3.05, 3.63) is 35.4 Å². The number of hydrogen-bond acceptors (Lipinski definition) is 2. The standard InChI is InChI=1S/C16H27NO/c1-5-17(6-2)12-16(18)15-9-7-14(8-10-15)11-13(3)4/h7-10,13,16,18H,5-6,11-12H2,1-4H3. The molecule has 0 fully saturated rings. The van der Waals surface area contributed by atoms with Crippen molar-refractivity contribution < 1.29 is 5.11 Å². The number of rotatable bonds is 7. The van der Waals surface area contributed by atoms with Crippen molar-refractivity contribution in [3.63, 3.8) is 0 Å². The maximum Gasteiger partial charge on any atom is 0.0916 e. The van der Waals surface area contributed by atoms with Gasteiger partial charge in [0.1, 0.15) is 0 Å². The van der Waals surface area contributed by atoms with Crippen LogP contribution in [0.2, 0.25) is 0 Å². The highest BCUT2D eigenvalue weighted by Crippen LogP contribution is 2.16. The van der Waals surface area contributed by atoms with Crippen molar-refractivity contribution >= 4 is 0 Å². The van der Waals surface area contributed by atoms with Crippen molar-refractivity contribution in [2.45, 2.75) is 40.2 Å². The molecule has 0 spiro atoms. The predicted octanol–water partition coefficient (Wildman–Crippen LogP) is 3.26. The van der Waals surface area contributed by atoms with Gasteiger partial charge in [0.25, 0.3) is 0 Å². The first-order valence-electron chi connectivity index (χ1n) is 7.06. The van der Waals surface area contributed by atoms with E-state index in [0.29, 0.717) is 5.92 Å². The summed E-state index contributed by atoms with van der Waals surface area (Å²) >= 11 is 0. The molecule has 0 aliphatic heterocycles. The quantitative estimate of drug-likeness (QED) is 0.802. The van der Waals surface area contributed by atoms with E-state index in [2.05, 4.69) is 56.9 Å². The first kappa shape index (κ1) is 15.2. The summed E-state index contributed by atoms with van der Waals surface area (Å²) in [4.78, 5) is 2.24. The van der Waals surface area contributed by atoms with Crippen molar-refractivity contribution in [3.8, 4) is 0 Å². The lowest BCUT2D eigenvalue weighted by Gasteiger charge is -2.22. The molecule has 2 nitrogen and oxygen atoms in total. The molecular weight excluding hydrogens is 222 g/mol. The van der Waals surface area contributed by atoms with Gasteiger partial charge in [-0.1, -0.05) is 52.0 Å². The van der Waals surface area contributed by atoms with Crippen molar-refractivity contribution in [1.82, 2.24) is 4.90 Å². The van der Waals surface area contributed by atoms with Crippen LogP contribution in [0.25, 0.3) is 0 Å². The first-order valence-corrected chi connectivity index (χ1v) is 7.06. The van der Waals surface area contributed by atoms with E-state index in [1.54, 1.807) is 0 Å². The minimum Gasteiger partial charge on any atom is -0.387 e. The molecule has 102 valence electrons. The Labute approximate surface area is 112 Å². The van der Waals surface area contributed by atoms with Crippen LogP contribution in [0, 0.1) is 5.92 Å². The summed E-state index contributed by atoms with van der Waals surface area (Å²) in [6, 6.07) is 8.40. The van der Waals surface area contributed by atoms with E-state index in [0.717, 1.165) is 31.6 Å². The van der Waals surface area contributed by atoms with E-state index in [1.807, 2.05) is 0 Å². The van der Waals surface area contributed by atoms with Crippen LogP contribution in [0.3, 0.4) is 0 Å². The minimum absolute atomic E-state index is 0.377. The molecule has 1 unspecified atom stereocenters. The van der Waals surface area contributed by atoms with Gasteiger partial charge in [-0.3, -0.25) is 0 Å². The molecule has 1 rings (SSSR count). The second kappa shape index (κ2) is 7.55. The Morgan fingerprint density at radius 2 is 1.61 bits per heavy atom. The molecule has 1 aromatic carbocycles. The average Bonchev–Trinajstić information content (AvgIpc) is 2.35. The fourth-order valence-electron chi connectivity index (χ4n) is 2.18. The molecule has 1 N–H and O–H groups in total. The zero-order valence-electron chi connectivity index (χ0n) is 12.2. The number of likely N-dealkylation sites (N-methyl/N-ethyl adjacent to an activating group) is 1. The Hall–Kier alpha value is -0.860. The largest absolute Gasteiger partial charge is 0.387 e. The highest BCUT2D eigenvalue weighted by Gasteiger charge is 2.11. The SMILES string of the molecule is CCN(CC)CC(O)c1ccc(CC(C)C)cc1. The Bertz CT molecular complexity index is 327. The van der Waals surface area contributed by atoms with Crippen LogP contribution >= 0.6 is 0 Å². The lowest BCUT2D eigenvalue weighted by molar-refractivity contribution is 0.119. The smallest absolute Gasteiger partial charge is 0.0916 e. The average molecular weight is 249 g/mol. The van der Waals surface area contributed by atoms with Crippen LogP contribution in [-0.2, 0) is 6.42 Å². The molecular formula is C16H27NO. The Morgan fingerprint density at radius 3 is 2.06 bits per heavy atom. The molecule has 0 saturated carbocycles. The second-order valence-electron chi connectivity index (χ2n) is 5.34. The molecule has 18 heavy (non-hydrogen) atoms. The van der Waals surface area contributed by atoms with Crippen LogP contribution in [0.5, 0.6) is 0 Å². The molecule has 0 aliphatic rings. The van der Waals surface area contributed by atoms with Crippen LogP contribution in [0.4, 0.5) is 0 Å². The molecule has 0 radical (unpaired) electrons. The number of hydrogen-bond donors (Lipinski definition) is 1. The summed E-state index contributed by atoms with van der Waals surface area (Å²) in [7, 11) is 0. The van der Waals surface area contributed by atoms with Crippen molar-refractivity contribution in [2.24, 2.45) is 5.92 Å². The van der Waals surface area contributed by atoms with Gasteiger partial charge < -0.3 is 10.0 Å². The van der Waals surface area contributed by atoms with Gasteiger partial charge in [-0.2, -0.15) is 0 Å². The van der Waals surface area contributed by atoms with Gasteiger partial charge in [-0.05, 0) is 36.6 Å². The van der Waals surface area contributed by atoms with Gasteiger partial charge in [0.2, 0.25) is 0 Å². The van der Waals surface area contributed by atoms with E-state index >= 15 is 0 Å². The molecule has 0 aliphatic carbocycles. The lowest BCUT2D eigenvalue weighted by atomic mass is 10.00. The highest BCUT2D eigenvalue weighted by molar-refractivity contribution is 5.24. The predicted molar refractivity (Wildman–Crippen MR) is 77.7 cm³/mol. The summed E-state index contributed by atoms with van der Waals surface area (Å²) in [5, 5.41) is 10.2. The fraction of sp³-hybridized carbons (Fsp3) is 0.625. The molecule has 2 heteroatoms. The molecule has 0 saturated heterocycles. The van der Waals surface area contributed by atoms with E-state index < -0.39 is 0 Å². The van der Waals surface area contributed by atoms with Crippen LogP contribution in [0.1, 0.15) is 44.9 Å². The molecule has 0 bridgehead atoms. The molecule has 1 atom stereocenters. The van der Waals surface area contributed by atoms with Crippen molar-refractivity contribution in [1.29, 1.82) is 0 Å². The third-order valence-electron chi connectivity index (χ3n) is 3.33. The number of aliphatic hydroxyl groups is 1. The fourth-order valence-corrected chi connectivity index (χ4v) is 2.18. The lowest BCUT2D eigenvalue weighted by Crippen LogP contribution is -2.28. The van der Waals surface area contributed by atoms with Gasteiger partial charge in [-0.15, -0.1) is 0 Å². The Balaban J connectivity index is 2.61. The number of aliphatic hydroxyl groups excluding tert-OH is 1. The second-order valence-corrected chi connectivity index (χ2v) is 5.34. The first-order chi connectivity index (χ1) is 8.56. The number of benzene rings is 1. The maximum atomic E-state index is 10.2.